The largest absolute Gasteiger partial charge is 0.481 e. The van der Waals surface area contributed by atoms with Crippen molar-refractivity contribution >= 4 is 22.9 Å². The zero-order chi connectivity index (χ0) is 16.1. The zero-order valence-electron chi connectivity index (χ0n) is 12.6. The Bertz CT molecular complexity index is 682. The molecule has 6 nitrogen and oxygen atoms in total. The minimum Gasteiger partial charge on any atom is -0.481 e. The lowest BCUT2D eigenvalue weighted by Crippen LogP contribution is -2.40. The molecule has 0 aliphatic carbocycles. The molecule has 1 unspecified atom stereocenters. The molecule has 2 amide bonds. The zero-order valence-corrected chi connectivity index (χ0v) is 12.6. The lowest BCUT2D eigenvalue weighted by atomic mass is 10.1. The standard InChI is InChI=1S/C16H19N3O3/c1-11(15(20)21)10-19(2)16(22)18-9-13-6-3-5-12-7-4-8-17-14(12)13/h3-8,11H,9-10H2,1-2H3,(H,18,22)(H,20,21). The molecule has 0 bridgehead atoms. The number of fused-ring (bicyclic) bond motifs is 1. The number of urea groups is 1. The van der Waals surface area contributed by atoms with Crippen molar-refractivity contribution in [3.8, 4) is 0 Å². The van der Waals surface area contributed by atoms with Gasteiger partial charge in [0.2, 0.25) is 0 Å². The Balaban J connectivity index is 1.99. The molecule has 0 saturated heterocycles. The molecule has 1 aromatic carbocycles. The second-order valence-electron chi connectivity index (χ2n) is 5.27. The Morgan fingerprint density at radius 3 is 2.77 bits per heavy atom. The molecular formula is C16H19N3O3. The van der Waals surface area contributed by atoms with Gasteiger partial charge in [-0.1, -0.05) is 31.2 Å². The number of amides is 2. The lowest BCUT2D eigenvalue weighted by molar-refractivity contribution is -0.141. The fourth-order valence-electron chi connectivity index (χ4n) is 2.19. The predicted molar refractivity (Wildman–Crippen MR) is 83.4 cm³/mol. The summed E-state index contributed by atoms with van der Waals surface area (Å²) in [5.74, 6) is -1.52. The third kappa shape index (κ3) is 3.72. The van der Waals surface area contributed by atoms with E-state index >= 15 is 0 Å². The van der Waals surface area contributed by atoms with Gasteiger partial charge in [-0.25, -0.2) is 4.79 Å². The monoisotopic (exact) mass is 301 g/mol. The van der Waals surface area contributed by atoms with Crippen LogP contribution in [0.5, 0.6) is 0 Å². The molecular weight excluding hydrogens is 282 g/mol. The van der Waals surface area contributed by atoms with E-state index < -0.39 is 11.9 Å². The average molecular weight is 301 g/mol. The normalized spacial score (nSPS) is 11.9. The Labute approximate surface area is 128 Å². The minimum atomic E-state index is -0.919. The van der Waals surface area contributed by atoms with E-state index in [1.807, 2.05) is 30.3 Å². The van der Waals surface area contributed by atoms with Crippen molar-refractivity contribution in [3.05, 3.63) is 42.1 Å². The smallest absolute Gasteiger partial charge is 0.317 e. The fraction of sp³-hybridized carbons (Fsp3) is 0.312. The summed E-state index contributed by atoms with van der Waals surface area (Å²) < 4.78 is 0. The highest BCUT2D eigenvalue weighted by Crippen LogP contribution is 2.15. The summed E-state index contributed by atoms with van der Waals surface area (Å²) in [5.41, 5.74) is 1.78. The van der Waals surface area contributed by atoms with Crippen LogP contribution in [-0.2, 0) is 11.3 Å². The van der Waals surface area contributed by atoms with Crippen molar-refractivity contribution in [3.63, 3.8) is 0 Å². The van der Waals surface area contributed by atoms with E-state index in [0.29, 0.717) is 6.54 Å². The highest BCUT2D eigenvalue weighted by atomic mass is 16.4. The number of benzene rings is 1. The van der Waals surface area contributed by atoms with E-state index in [-0.39, 0.29) is 12.6 Å². The molecule has 1 atom stereocenters. The summed E-state index contributed by atoms with van der Waals surface area (Å²) in [6, 6.07) is 9.33. The van der Waals surface area contributed by atoms with Crippen molar-refractivity contribution in [2.24, 2.45) is 5.92 Å². The third-order valence-corrected chi connectivity index (χ3v) is 3.46. The fourth-order valence-corrected chi connectivity index (χ4v) is 2.19. The quantitative estimate of drug-likeness (QED) is 0.886. The van der Waals surface area contributed by atoms with Crippen LogP contribution in [0.15, 0.2) is 36.5 Å². The molecule has 1 aromatic heterocycles. The van der Waals surface area contributed by atoms with E-state index in [0.717, 1.165) is 16.5 Å². The summed E-state index contributed by atoms with van der Waals surface area (Å²) in [7, 11) is 1.58. The van der Waals surface area contributed by atoms with Crippen molar-refractivity contribution in [2.45, 2.75) is 13.5 Å². The Hall–Kier alpha value is -2.63. The number of carbonyl (C=O) groups is 2. The third-order valence-electron chi connectivity index (χ3n) is 3.46. The van der Waals surface area contributed by atoms with Crippen LogP contribution in [0.25, 0.3) is 10.9 Å². The number of nitrogens with one attached hydrogen (secondary N) is 1. The van der Waals surface area contributed by atoms with Gasteiger partial charge in [-0.2, -0.15) is 0 Å². The maximum absolute atomic E-state index is 12.0. The molecule has 22 heavy (non-hydrogen) atoms. The summed E-state index contributed by atoms with van der Waals surface area (Å²) >= 11 is 0. The Kier molecular flexibility index (Phi) is 4.93. The number of hydrogen-bond acceptors (Lipinski definition) is 3. The number of rotatable bonds is 5. The molecule has 2 rings (SSSR count). The van der Waals surface area contributed by atoms with Crippen molar-refractivity contribution in [2.75, 3.05) is 13.6 Å². The van der Waals surface area contributed by atoms with Crippen LogP contribution in [-0.4, -0.2) is 40.6 Å². The first-order valence-corrected chi connectivity index (χ1v) is 7.03. The molecule has 0 aliphatic rings. The van der Waals surface area contributed by atoms with Crippen LogP contribution in [0.1, 0.15) is 12.5 Å². The van der Waals surface area contributed by atoms with Crippen LogP contribution in [0.4, 0.5) is 4.79 Å². The van der Waals surface area contributed by atoms with Gasteiger partial charge in [0, 0.05) is 31.7 Å². The van der Waals surface area contributed by atoms with Gasteiger partial charge in [-0.05, 0) is 11.6 Å². The van der Waals surface area contributed by atoms with E-state index in [9.17, 15) is 9.59 Å². The van der Waals surface area contributed by atoms with Crippen LogP contribution >= 0.6 is 0 Å². The van der Waals surface area contributed by atoms with Gasteiger partial charge in [0.25, 0.3) is 0 Å². The number of aliphatic carboxylic acids is 1. The average Bonchev–Trinajstić information content (AvgIpc) is 2.52. The van der Waals surface area contributed by atoms with E-state index in [1.165, 1.54) is 4.90 Å². The summed E-state index contributed by atoms with van der Waals surface area (Å²) in [4.78, 5) is 28.5. The summed E-state index contributed by atoms with van der Waals surface area (Å²) in [5, 5.41) is 12.7. The minimum absolute atomic E-state index is 0.162. The maximum Gasteiger partial charge on any atom is 0.317 e. The molecule has 2 N–H and O–H groups in total. The number of pyridine rings is 1. The van der Waals surface area contributed by atoms with Gasteiger partial charge in [0.15, 0.2) is 0 Å². The number of para-hydroxylation sites is 1. The highest BCUT2D eigenvalue weighted by Gasteiger charge is 2.17. The first-order chi connectivity index (χ1) is 10.5. The van der Waals surface area contributed by atoms with Crippen molar-refractivity contribution in [1.82, 2.24) is 15.2 Å². The number of nitrogens with zero attached hydrogens (tertiary/aromatic N) is 2. The SMILES string of the molecule is CC(CN(C)C(=O)NCc1cccc2cccnc12)C(=O)O. The van der Waals surface area contributed by atoms with E-state index in [1.54, 1.807) is 20.2 Å². The van der Waals surface area contributed by atoms with Gasteiger partial charge in [0.05, 0.1) is 11.4 Å². The van der Waals surface area contributed by atoms with Gasteiger partial charge >= 0.3 is 12.0 Å². The van der Waals surface area contributed by atoms with E-state index in [4.69, 9.17) is 5.11 Å². The van der Waals surface area contributed by atoms with Crippen LogP contribution in [0.3, 0.4) is 0 Å². The lowest BCUT2D eigenvalue weighted by Gasteiger charge is -2.20. The van der Waals surface area contributed by atoms with Crippen LogP contribution in [0, 0.1) is 5.92 Å². The molecule has 0 saturated carbocycles. The number of carboxylic acids is 1. The molecule has 0 radical (unpaired) electrons. The Morgan fingerprint density at radius 2 is 2.05 bits per heavy atom. The van der Waals surface area contributed by atoms with Gasteiger partial charge in [-0.15, -0.1) is 0 Å². The number of carboxylic acid groups (broad SMARTS) is 1. The number of hydrogen-bond donors (Lipinski definition) is 2. The molecule has 0 spiro atoms. The maximum atomic E-state index is 12.0. The van der Waals surface area contributed by atoms with Gasteiger partial charge in [0.1, 0.15) is 0 Å². The first kappa shape index (κ1) is 15.8. The first-order valence-electron chi connectivity index (χ1n) is 7.03. The summed E-state index contributed by atoms with van der Waals surface area (Å²) in [6.45, 7) is 2.08. The van der Waals surface area contributed by atoms with Crippen LogP contribution < -0.4 is 5.32 Å². The van der Waals surface area contributed by atoms with Gasteiger partial charge < -0.3 is 15.3 Å². The van der Waals surface area contributed by atoms with Crippen LogP contribution in [0.2, 0.25) is 0 Å². The number of carbonyl (C=O) groups excluding carboxylic acids is 1. The van der Waals surface area contributed by atoms with Crippen molar-refractivity contribution < 1.29 is 14.7 Å². The molecule has 6 heteroatoms. The second kappa shape index (κ2) is 6.89. The van der Waals surface area contributed by atoms with E-state index in [2.05, 4.69) is 10.3 Å². The van der Waals surface area contributed by atoms with Crippen molar-refractivity contribution in [1.29, 1.82) is 0 Å². The molecule has 2 aromatic rings. The number of aromatic nitrogens is 1. The molecule has 116 valence electrons. The highest BCUT2D eigenvalue weighted by molar-refractivity contribution is 5.82. The predicted octanol–water partition coefficient (Wildman–Crippen LogP) is 2.10. The molecule has 1 heterocycles. The Morgan fingerprint density at radius 1 is 1.32 bits per heavy atom. The van der Waals surface area contributed by atoms with Gasteiger partial charge in [-0.3, -0.25) is 9.78 Å². The second-order valence-corrected chi connectivity index (χ2v) is 5.27. The topological polar surface area (TPSA) is 82.5 Å². The molecule has 0 fully saturated rings. The summed E-state index contributed by atoms with van der Waals surface area (Å²) in [6.07, 6.45) is 1.72. The molecule has 0 aliphatic heterocycles.